The summed E-state index contributed by atoms with van der Waals surface area (Å²) < 4.78 is 13.5. The molecule has 0 radical (unpaired) electrons. The van der Waals surface area contributed by atoms with Crippen LogP contribution in [-0.4, -0.2) is 28.7 Å². The maximum absolute atomic E-state index is 12.9. The Kier molecular flexibility index (Phi) is 5.93. The van der Waals surface area contributed by atoms with Gasteiger partial charge in [0.25, 0.3) is 0 Å². The fourth-order valence-corrected chi connectivity index (χ4v) is 3.92. The molecule has 0 saturated carbocycles. The molecule has 0 fully saturated rings. The number of imidazole rings is 1. The average Bonchev–Trinajstić information content (AvgIpc) is 2.88. The van der Waals surface area contributed by atoms with Crippen LogP contribution in [0.5, 0.6) is 11.5 Å². The van der Waals surface area contributed by atoms with Crippen LogP contribution >= 0.6 is 0 Å². The first-order valence-electron chi connectivity index (χ1n) is 10.6. The Morgan fingerprint density at radius 2 is 1.90 bits per heavy atom. The zero-order chi connectivity index (χ0) is 21.1. The van der Waals surface area contributed by atoms with Gasteiger partial charge in [-0.2, -0.15) is 0 Å². The monoisotopic (exact) mass is 407 g/mol. The van der Waals surface area contributed by atoms with Crippen LogP contribution in [0.2, 0.25) is 0 Å². The van der Waals surface area contributed by atoms with Crippen molar-refractivity contribution in [2.75, 3.05) is 13.2 Å². The first-order valence-corrected chi connectivity index (χ1v) is 10.6. The lowest BCUT2D eigenvalue weighted by atomic mass is 10.0. The van der Waals surface area contributed by atoms with E-state index >= 15 is 0 Å². The summed E-state index contributed by atoms with van der Waals surface area (Å²) in [6.45, 7) is 5.60. The Morgan fingerprint density at radius 1 is 1.13 bits per heavy atom. The highest BCUT2D eigenvalue weighted by Crippen LogP contribution is 2.31. The molecule has 0 bridgehead atoms. The van der Waals surface area contributed by atoms with Crippen molar-refractivity contribution in [3.8, 4) is 11.5 Å². The second-order valence-electron chi connectivity index (χ2n) is 8.28. The SMILES string of the molecule is CC(C)CC(NC(=O)Cc1ccc2c(c1)OCCCO2)c1nc2ccccc2n1C. The van der Waals surface area contributed by atoms with Crippen LogP contribution in [0.3, 0.4) is 0 Å². The molecule has 3 aromatic rings. The molecule has 6 nitrogen and oxygen atoms in total. The number of carbonyl (C=O) groups is 1. The summed E-state index contributed by atoms with van der Waals surface area (Å²) in [5, 5.41) is 3.21. The molecule has 1 N–H and O–H groups in total. The predicted octanol–water partition coefficient (Wildman–Crippen LogP) is 4.18. The van der Waals surface area contributed by atoms with Crippen molar-refractivity contribution in [1.29, 1.82) is 0 Å². The van der Waals surface area contributed by atoms with Crippen molar-refractivity contribution in [1.82, 2.24) is 14.9 Å². The second-order valence-corrected chi connectivity index (χ2v) is 8.28. The Hall–Kier alpha value is -3.02. The van der Waals surface area contributed by atoms with Gasteiger partial charge in [-0.15, -0.1) is 0 Å². The number of nitrogens with one attached hydrogen (secondary N) is 1. The van der Waals surface area contributed by atoms with Gasteiger partial charge in [-0.3, -0.25) is 4.79 Å². The third-order valence-electron chi connectivity index (χ3n) is 5.35. The number of hydrogen-bond donors (Lipinski definition) is 1. The highest BCUT2D eigenvalue weighted by Gasteiger charge is 2.22. The van der Waals surface area contributed by atoms with E-state index in [1.54, 1.807) is 0 Å². The number of rotatable bonds is 6. The van der Waals surface area contributed by atoms with E-state index in [2.05, 4.69) is 29.8 Å². The summed E-state index contributed by atoms with van der Waals surface area (Å²) in [4.78, 5) is 17.7. The van der Waals surface area contributed by atoms with E-state index in [1.807, 2.05) is 43.4 Å². The fraction of sp³-hybridized carbons (Fsp3) is 0.417. The van der Waals surface area contributed by atoms with Gasteiger partial charge in [0, 0.05) is 13.5 Å². The number of aryl methyl sites for hydroxylation is 1. The molecule has 0 saturated heterocycles. The molecule has 1 aliphatic heterocycles. The van der Waals surface area contributed by atoms with E-state index in [4.69, 9.17) is 14.5 Å². The highest BCUT2D eigenvalue weighted by molar-refractivity contribution is 5.80. The van der Waals surface area contributed by atoms with Crippen LogP contribution in [0.4, 0.5) is 0 Å². The Labute approximate surface area is 177 Å². The van der Waals surface area contributed by atoms with Crippen LogP contribution < -0.4 is 14.8 Å². The molecule has 0 spiro atoms. The number of ether oxygens (including phenoxy) is 2. The summed E-state index contributed by atoms with van der Waals surface area (Å²) in [5.41, 5.74) is 2.92. The summed E-state index contributed by atoms with van der Waals surface area (Å²) in [6.07, 6.45) is 1.97. The predicted molar refractivity (Wildman–Crippen MR) is 117 cm³/mol. The van der Waals surface area contributed by atoms with Gasteiger partial charge in [-0.1, -0.05) is 32.0 Å². The number of carbonyl (C=O) groups excluding carboxylic acids is 1. The van der Waals surface area contributed by atoms with Gasteiger partial charge in [0.15, 0.2) is 11.5 Å². The van der Waals surface area contributed by atoms with E-state index in [0.29, 0.717) is 24.9 Å². The maximum Gasteiger partial charge on any atom is 0.225 e. The normalized spacial score (nSPS) is 14.5. The topological polar surface area (TPSA) is 65.4 Å². The van der Waals surface area contributed by atoms with Gasteiger partial charge in [0.1, 0.15) is 5.82 Å². The van der Waals surface area contributed by atoms with Gasteiger partial charge in [0.05, 0.1) is 36.7 Å². The first-order chi connectivity index (χ1) is 14.5. The van der Waals surface area contributed by atoms with Crippen LogP contribution in [0.25, 0.3) is 11.0 Å². The fourth-order valence-electron chi connectivity index (χ4n) is 3.92. The third-order valence-corrected chi connectivity index (χ3v) is 5.35. The Balaban J connectivity index is 1.52. The molecule has 158 valence electrons. The molecule has 1 aliphatic rings. The Bertz CT molecular complexity index is 1040. The molecular formula is C24H29N3O3. The van der Waals surface area contributed by atoms with Crippen LogP contribution in [-0.2, 0) is 18.3 Å². The van der Waals surface area contributed by atoms with E-state index in [0.717, 1.165) is 41.0 Å². The van der Waals surface area contributed by atoms with E-state index in [1.165, 1.54) is 0 Å². The lowest BCUT2D eigenvalue weighted by molar-refractivity contribution is -0.121. The summed E-state index contributed by atoms with van der Waals surface area (Å²) in [6, 6.07) is 13.6. The second kappa shape index (κ2) is 8.78. The molecule has 6 heteroatoms. The molecule has 30 heavy (non-hydrogen) atoms. The number of nitrogens with zero attached hydrogens (tertiary/aromatic N) is 2. The number of hydrogen-bond acceptors (Lipinski definition) is 4. The quantitative estimate of drug-likeness (QED) is 0.666. The summed E-state index contributed by atoms with van der Waals surface area (Å²) in [5.74, 6) is 2.74. The molecule has 2 aromatic carbocycles. The van der Waals surface area contributed by atoms with Crippen molar-refractivity contribution >= 4 is 16.9 Å². The standard InChI is InChI=1S/C24H29N3O3/c1-16(2)13-19(24-26-18-7-4-5-8-20(18)27(24)3)25-23(28)15-17-9-10-21-22(14-17)30-12-6-11-29-21/h4-5,7-10,14,16,19H,6,11-13,15H2,1-3H3,(H,25,28). The van der Waals surface area contributed by atoms with Crippen LogP contribution in [0.1, 0.15) is 44.1 Å². The largest absolute Gasteiger partial charge is 0.490 e. The lowest BCUT2D eigenvalue weighted by Crippen LogP contribution is -2.32. The molecule has 1 aromatic heterocycles. The first kappa shape index (κ1) is 20.3. The van der Waals surface area contributed by atoms with Gasteiger partial charge in [-0.05, 0) is 42.2 Å². The molecule has 1 amide bonds. The minimum absolute atomic E-state index is 0.0257. The maximum atomic E-state index is 12.9. The van der Waals surface area contributed by atoms with Crippen molar-refractivity contribution in [3.63, 3.8) is 0 Å². The minimum atomic E-state index is -0.143. The number of amides is 1. The molecule has 0 aliphatic carbocycles. The van der Waals surface area contributed by atoms with Crippen molar-refractivity contribution in [3.05, 3.63) is 53.9 Å². The van der Waals surface area contributed by atoms with Crippen LogP contribution in [0.15, 0.2) is 42.5 Å². The average molecular weight is 408 g/mol. The zero-order valence-electron chi connectivity index (χ0n) is 17.9. The minimum Gasteiger partial charge on any atom is -0.490 e. The molecule has 1 atom stereocenters. The third kappa shape index (κ3) is 4.42. The van der Waals surface area contributed by atoms with Gasteiger partial charge >= 0.3 is 0 Å². The van der Waals surface area contributed by atoms with Crippen molar-refractivity contribution in [2.45, 2.75) is 39.2 Å². The summed E-state index contributed by atoms with van der Waals surface area (Å²) >= 11 is 0. The highest BCUT2D eigenvalue weighted by atomic mass is 16.5. The zero-order valence-corrected chi connectivity index (χ0v) is 17.9. The number of benzene rings is 2. The molecular weight excluding hydrogens is 378 g/mol. The van der Waals surface area contributed by atoms with E-state index in [-0.39, 0.29) is 18.4 Å². The van der Waals surface area contributed by atoms with E-state index in [9.17, 15) is 4.79 Å². The van der Waals surface area contributed by atoms with Gasteiger partial charge in [-0.25, -0.2) is 4.98 Å². The molecule has 1 unspecified atom stereocenters. The number of fused-ring (bicyclic) bond motifs is 2. The number of aromatic nitrogens is 2. The number of para-hydroxylation sites is 2. The lowest BCUT2D eigenvalue weighted by Gasteiger charge is -2.21. The van der Waals surface area contributed by atoms with Crippen LogP contribution in [0, 0.1) is 5.92 Å². The van der Waals surface area contributed by atoms with Crippen molar-refractivity contribution in [2.24, 2.45) is 13.0 Å². The molecule has 2 heterocycles. The smallest absolute Gasteiger partial charge is 0.225 e. The van der Waals surface area contributed by atoms with E-state index < -0.39 is 0 Å². The summed E-state index contributed by atoms with van der Waals surface area (Å²) in [7, 11) is 2.01. The van der Waals surface area contributed by atoms with Gasteiger partial charge in [0.2, 0.25) is 5.91 Å². The Morgan fingerprint density at radius 3 is 2.67 bits per heavy atom. The van der Waals surface area contributed by atoms with Gasteiger partial charge < -0.3 is 19.4 Å². The molecule has 4 rings (SSSR count). The van der Waals surface area contributed by atoms with Crippen molar-refractivity contribution < 1.29 is 14.3 Å².